The second kappa shape index (κ2) is 8.04. The second-order valence-electron chi connectivity index (χ2n) is 5.11. The fourth-order valence-corrected chi connectivity index (χ4v) is 2.48. The fourth-order valence-electron chi connectivity index (χ4n) is 2.48. The molecule has 1 N–H and O–H groups in total. The van der Waals surface area contributed by atoms with Gasteiger partial charge in [-0.3, -0.25) is 0 Å². The molecule has 0 bridgehead atoms. The highest BCUT2D eigenvalue weighted by Crippen LogP contribution is 2.18. The Balaban J connectivity index is 2.06. The van der Waals surface area contributed by atoms with Crippen molar-refractivity contribution >= 4 is 0 Å². The normalized spacial score (nSPS) is 24.6. The molecule has 2 atom stereocenters. The van der Waals surface area contributed by atoms with Crippen LogP contribution in [0.3, 0.4) is 0 Å². The van der Waals surface area contributed by atoms with Crippen LogP contribution in [0.4, 0.5) is 0 Å². The lowest BCUT2D eigenvalue weighted by molar-refractivity contribution is 0.175. The highest BCUT2D eigenvalue weighted by Gasteiger charge is 2.21. The standard InChI is InChI=1S/C13H28N2O/c1-12(14-8-4-5-10-16-3)13-7-6-9-15(2)11-13/h12-14H,4-11H2,1-3H3. The van der Waals surface area contributed by atoms with Gasteiger partial charge in [-0.2, -0.15) is 0 Å². The Bertz CT molecular complexity index is 175. The van der Waals surface area contributed by atoms with Gasteiger partial charge in [0.25, 0.3) is 0 Å². The van der Waals surface area contributed by atoms with E-state index in [0.717, 1.165) is 19.1 Å². The molecule has 0 aliphatic carbocycles. The minimum absolute atomic E-state index is 0.658. The third kappa shape index (κ3) is 5.28. The predicted molar refractivity (Wildman–Crippen MR) is 68.8 cm³/mol. The summed E-state index contributed by atoms with van der Waals surface area (Å²) in [6.07, 6.45) is 5.13. The maximum Gasteiger partial charge on any atom is 0.0462 e. The number of ether oxygens (including phenoxy) is 1. The van der Waals surface area contributed by atoms with Gasteiger partial charge in [0.2, 0.25) is 0 Å². The van der Waals surface area contributed by atoms with Crippen molar-refractivity contribution in [3.63, 3.8) is 0 Å². The summed E-state index contributed by atoms with van der Waals surface area (Å²) in [6, 6.07) is 0.658. The summed E-state index contributed by atoms with van der Waals surface area (Å²) < 4.78 is 5.04. The molecule has 1 rings (SSSR count). The maximum atomic E-state index is 5.04. The average molecular weight is 228 g/mol. The van der Waals surface area contributed by atoms with Crippen LogP contribution in [0.1, 0.15) is 32.6 Å². The number of methoxy groups -OCH3 is 1. The molecule has 96 valence electrons. The van der Waals surface area contributed by atoms with Crippen LogP contribution in [0, 0.1) is 5.92 Å². The van der Waals surface area contributed by atoms with Crippen molar-refractivity contribution in [1.29, 1.82) is 0 Å². The van der Waals surface area contributed by atoms with E-state index in [-0.39, 0.29) is 0 Å². The highest BCUT2D eigenvalue weighted by atomic mass is 16.5. The Morgan fingerprint density at radius 2 is 2.25 bits per heavy atom. The molecule has 2 unspecified atom stereocenters. The maximum absolute atomic E-state index is 5.04. The van der Waals surface area contributed by atoms with Crippen LogP contribution in [-0.4, -0.2) is 51.3 Å². The Morgan fingerprint density at radius 1 is 1.44 bits per heavy atom. The lowest BCUT2D eigenvalue weighted by atomic mass is 9.92. The molecule has 1 aliphatic rings. The lowest BCUT2D eigenvalue weighted by Crippen LogP contribution is -2.43. The largest absolute Gasteiger partial charge is 0.385 e. The van der Waals surface area contributed by atoms with E-state index in [1.54, 1.807) is 7.11 Å². The summed E-state index contributed by atoms with van der Waals surface area (Å²) >= 11 is 0. The number of piperidine rings is 1. The zero-order valence-electron chi connectivity index (χ0n) is 11.2. The average Bonchev–Trinajstić information content (AvgIpc) is 2.28. The number of rotatable bonds is 7. The molecule has 0 aromatic heterocycles. The van der Waals surface area contributed by atoms with Gasteiger partial charge in [0.05, 0.1) is 0 Å². The van der Waals surface area contributed by atoms with E-state index in [1.165, 1.54) is 38.8 Å². The van der Waals surface area contributed by atoms with Crippen LogP contribution in [0.5, 0.6) is 0 Å². The zero-order chi connectivity index (χ0) is 11.8. The summed E-state index contributed by atoms with van der Waals surface area (Å²) in [4.78, 5) is 2.46. The zero-order valence-corrected chi connectivity index (χ0v) is 11.2. The van der Waals surface area contributed by atoms with Gasteiger partial charge < -0.3 is 15.0 Å². The van der Waals surface area contributed by atoms with Crippen molar-refractivity contribution in [1.82, 2.24) is 10.2 Å². The van der Waals surface area contributed by atoms with E-state index < -0.39 is 0 Å². The highest BCUT2D eigenvalue weighted by molar-refractivity contribution is 4.78. The van der Waals surface area contributed by atoms with Gasteiger partial charge in [-0.15, -0.1) is 0 Å². The molecule has 1 saturated heterocycles. The third-order valence-corrected chi connectivity index (χ3v) is 3.61. The number of likely N-dealkylation sites (tertiary alicyclic amines) is 1. The van der Waals surface area contributed by atoms with Gasteiger partial charge in [0.1, 0.15) is 0 Å². The molecule has 0 amide bonds. The van der Waals surface area contributed by atoms with Crippen molar-refractivity contribution in [3.05, 3.63) is 0 Å². The Hall–Kier alpha value is -0.120. The van der Waals surface area contributed by atoms with Crippen molar-refractivity contribution < 1.29 is 4.74 Å². The van der Waals surface area contributed by atoms with Gasteiger partial charge in [-0.1, -0.05) is 0 Å². The van der Waals surface area contributed by atoms with E-state index in [1.807, 2.05) is 0 Å². The van der Waals surface area contributed by atoms with E-state index in [0.29, 0.717) is 6.04 Å². The number of nitrogens with zero attached hydrogens (tertiary/aromatic N) is 1. The van der Waals surface area contributed by atoms with Gasteiger partial charge >= 0.3 is 0 Å². The fraction of sp³-hybridized carbons (Fsp3) is 1.00. The van der Waals surface area contributed by atoms with Crippen LogP contribution >= 0.6 is 0 Å². The molecule has 1 fully saturated rings. The summed E-state index contributed by atoms with van der Waals surface area (Å²) in [5.41, 5.74) is 0. The molecule has 0 aromatic rings. The monoisotopic (exact) mass is 228 g/mol. The Morgan fingerprint density at radius 3 is 2.94 bits per heavy atom. The summed E-state index contributed by atoms with van der Waals surface area (Å²) in [6.45, 7) is 6.89. The van der Waals surface area contributed by atoms with E-state index >= 15 is 0 Å². The van der Waals surface area contributed by atoms with Gasteiger partial charge in [-0.25, -0.2) is 0 Å². The number of hydrogen-bond acceptors (Lipinski definition) is 3. The number of hydrogen-bond donors (Lipinski definition) is 1. The smallest absolute Gasteiger partial charge is 0.0462 e. The van der Waals surface area contributed by atoms with Crippen LogP contribution < -0.4 is 5.32 Å². The predicted octanol–water partition coefficient (Wildman–Crippen LogP) is 1.73. The van der Waals surface area contributed by atoms with E-state index in [4.69, 9.17) is 4.74 Å². The van der Waals surface area contributed by atoms with Crippen molar-refractivity contribution in [2.24, 2.45) is 5.92 Å². The molecule has 0 spiro atoms. The van der Waals surface area contributed by atoms with E-state index in [2.05, 4.69) is 24.2 Å². The lowest BCUT2D eigenvalue weighted by Gasteiger charge is -2.34. The molecule has 3 heteroatoms. The van der Waals surface area contributed by atoms with Crippen LogP contribution in [0.15, 0.2) is 0 Å². The molecule has 0 radical (unpaired) electrons. The summed E-state index contributed by atoms with van der Waals surface area (Å²) in [5.74, 6) is 0.834. The van der Waals surface area contributed by atoms with Crippen LogP contribution in [0.25, 0.3) is 0 Å². The SMILES string of the molecule is COCCCCNC(C)C1CCCN(C)C1. The summed E-state index contributed by atoms with van der Waals surface area (Å²) in [7, 11) is 4.01. The van der Waals surface area contributed by atoms with Gasteiger partial charge in [0.15, 0.2) is 0 Å². The Labute approximate surface area is 101 Å². The van der Waals surface area contributed by atoms with Crippen LogP contribution in [-0.2, 0) is 4.74 Å². The molecular formula is C13H28N2O. The van der Waals surface area contributed by atoms with E-state index in [9.17, 15) is 0 Å². The topological polar surface area (TPSA) is 24.5 Å². The van der Waals surface area contributed by atoms with Crippen molar-refractivity contribution in [3.8, 4) is 0 Å². The van der Waals surface area contributed by atoms with Gasteiger partial charge in [0, 0.05) is 26.3 Å². The minimum atomic E-state index is 0.658. The minimum Gasteiger partial charge on any atom is -0.385 e. The first-order valence-corrected chi connectivity index (χ1v) is 6.65. The van der Waals surface area contributed by atoms with Crippen LogP contribution in [0.2, 0.25) is 0 Å². The first kappa shape index (κ1) is 13.9. The molecule has 0 aromatic carbocycles. The number of nitrogens with one attached hydrogen (secondary N) is 1. The van der Waals surface area contributed by atoms with Crippen molar-refractivity contribution in [2.45, 2.75) is 38.6 Å². The quantitative estimate of drug-likeness (QED) is 0.672. The molecular weight excluding hydrogens is 200 g/mol. The first-order valence-electron chi connectivity index (χ1n) is 6.65. The third-order valence-electron chi connectivity index (χ3n) is 3.61. The first-order chi connectivity index (χ1) is 7.74. The molecule has 1 aliphatic heterocycles. The molecule has 0 saturated carbocycles. The number of unbranched alkanes of at least 4 members (excludes halogenated alkanes) is 1. The second-order valence-corrected chi connectivity index (χ2v) is 5.11. The molecule has 3 nitrogen and oxygen atoms in total. The Kier molecular flexibility index (Phi) is 7.01. The molecule has 1 heterocycles. The van der Waals surface area contributed by atoms with Crippen molar-refractivity contribution in [2.75, 3.05) is 40.4 Å². The summed E-state index contributed by atoms with van der Waals surface area (Å²) in [5, 5.41) is 3.65. The van der Waals surface area contributed by atoms with Gasteiger partial charge in [-0.05, 0) is 58.7 Å². The molecule has 16 heavy (non-hydrogen) atoms.